The number of rotatable bonds is 12. The van der Waals surface area contributed by atoms with Gasteiger partial charge in [0.25, 0.3) is 11.4 Å². The first kappa shape index (κ1) is 32.8. The van der Waals surface area contributed by atoms with Gasteiger partial charge in [0.2, 0.25) is 11.8 Å². The second-order valence-corrected chi connectivity index (χ2v) is 11.3. The third-order valence-electron chi connectivity index (χ3n) is 6.52. The second-order valence-electron chi connectivity index (χ2n) is 10.8. The van der Waals surface area contributed by atoms with Crippen LogP contribution in [-0.4, -0.2) is 47.1 Å². The molecule has 4 rings (SSSR count). The Bertz CT molecular complexity index is 1650. The van der Waals surface area contributed by atoms with E-state index in [1.165, 1.54) is 49.2 Å². The van der Waals surface area contributed by atoms with Crippen molar-refractivity contribution in [2.45, 2.75) is 51.9 Å². The maximum Gasteiger partial charge on any atom is 0.314 e. The first-order valence-electron chi connectivity index (χ1n) is 13.6. The van der Waals surface area contributed by atoms with Crippen LogP contribution in [-0.2, 0) is 20.9 Å². The number of aromatic nitrogens is 3. The van der Waals surface area contributed by atoms with Crippen LogP contribution in [0.3, 0.4) is 0 Å². The van der Waals surface area contributed by atoms with Crippen molar-refractivity contribution >= 4 is 23.2 Å². The molecule has 2 aromatic carbocycles. The van der Waals surface area contributed by atoms with Crippen molar-refractivity contribution in [1.29, 1.82) is 0 Å². The molecule has 4 aromatic rings. The minimum Gasteiger partial charge on any atom is -0.495 e. The van der Waals surface area contributed by atoms with Crippen LogP contribution >= 0.6 is 11.6 Å². The summed E-state index contributed by atoms with van der Waals surface area (Å²) in [5, 5.41) is 10.3. The highest BCUT2D eigenvalue weighted by molar-refractivity contribution is 6.31. The monoisotopic (exact) mass is 630 g/mol. The molecule has 44 heavy (non-hydrogen) atoms. The largest absolute Gasteiger partial charge is 0.495 e. The van der Waals surface area contributed by atoms with Gasteiger partial charge < -0.3 is 23.9 Å². The summed E-state index contributed by atoms with van der Waals surface area (Å²) in [6.07, 6.45) is -1.36. The van der Waals surface area contributed by atoms with E-state index in [0.29, 0.717) is 22.9 Å². The van der Waals surface area contributed by atoms with Gasteiger partial charge in [-0.1, -0.05) is 23.7 Å². The Morgan fingerprint density at radius 1 is 1.05 bits per heavy atom. The number of pyridine rings is 1. The Hall–Kier alpha value is -4.13. The lowest BCUT2D eigenvalue weighted by molar-refractivity contribution is -0.119. The number of halogens is 3. The van der Waals surface area contributed by atoms with E-state index in [4.69, 9.17) is 30.2 Å². The number of nitrogens with one attached hydrogen (secondary N) is 1. The molecular formula is C31H33ClF2N4O6. The SMILES string of the molecule is COCCC(C(=O)Nc1ccc(COC(C)(C)C)cc1)n1cc(OC)c(-c2cc(Cl)ccc2-c2nnc(C(F)F)o2)cc1=O. The molecule has 2 heterocycles. The van der Waals surface area contributed by atoms with E-state index in [-0.39, 0.29) is 41.4 Å². The van der Waals surface area contributed by atoms with Crippen LogP contribution in [0.5, 0.6) is 5.75 Å². The molecule has 0 saturated heterocycles. The summed E-state index contributed by atoms with van der Waals surface area (Å²) in [6.45, 7) is 6.53. The van der Waals surface area contributed by atoms with Gasteiger partial charge in [-0.2, -0.15) is 8.78 Å². The molecule has 1 N–H and O–H groups in total. The van der Waals surface area contributed by atoms with Crippen molar-refractivity contribution in [3.8, 4) is 28.3 Å². The number of benzene rings is 2. The molecule has 13 heteroatoms. The fourth-order valence-corrected chi connectivity index (χ4v) is 4.51. The van der Waals surface area contributed by atoms with Gasteiger partial charge in [-0.05, 0) is 62.2 Å². The van der Waals surface area contributed by atoms with Crippen LogP contribution in [0.1, 0.15) is 51.1 Å². The number of carbonyl (C=O) groups excluding carboxylic acids is 1. The number of methoxy groups -OCH3 is 2. The van der Waals surface area contributed by atoms with E-state index in [1.54, 1.807) is 12.1 Å². The van der Waals surface area contributed by atoms with Crippen LogP contribution in [0.4, 0.5) is 14.5 Å². The summed E-state index contributed by atoms with van der Waals surface area (Å²) in [6, 6.07) is 12.1. The van der Waals surface area contributed by atoms with Crippen molar-refractivity contribution in [2.24, 2.45) is 0 Å². The zero-order valence-corrected chi connectivity index (χ0v) is 25.7. The number of alkyl halides is 2. The van der Waals surface area contributed by atoms with Gasteiger partial charge in [0.05, 0.1) is 25.5 Å². The van der Waals surface area contributed by atoms with Crippen LogP contribution in [0.2, 0.25) is 5.02 Å². The summed E-state index contributed by atoms with van der Waals surface area (Å²) in [5.41, 5.74) is 1.53. The fourth-order valence-electron chi connectivity index (χ4n) is 4.34. The van der Waals surface area contributed by atoms with Gasteiger partial charge in [-0.3, -0.25) is 14.2 Å². The number of carbonyl (C=O) groups is 1. The van der Waals surface area contributed by atoms with Crippen molar-refractivity contribution in [3.63, 3.8) is 0 Å². The highest BCUT2D eigenvalue weighted by Crippen LogP contribution is 2.38. The quantitative estimate of drug-likeness (QED) is 0.184. The Kier molecular flexibility index (Phi) is 10.5. The average Bonchev–Trinajstić information content (AvgIpc) is 3.48. The van der Waals surface area contributed by atoms with E-state index in [2.05, 4.69) is 15.5 Å². The summed E-state index contributed by atoms with van der Waals surface area (Å²) in [7, 11) is 2.89. The zero-order chi connectivity index (χ0) is 32.0. The first-order valence-corrected chi connectivity index (χ1v) is 14.0. The van der Waals surface area contributed by atoms with Gasteiger partial charge in [-0.25, -0.2) is 0 Å². The second kappa shape index (κ2) is 14.1. The topological polar surface area (TPSA) is 118 Å². The normalized spacial score (nSPS) is 12.4. The minimum absolute atomic E-state index is 0.184. The lowest BCUT2D eigenvalue weighted by Gasteiger charge is -2.22. The third-order valence-corrected chi connectivity index (χ3v) is 6.76. The molecule has 0 spiro atoms. The Morgan fingerprint density at radius 3 is 2.39 bits per heavy atom. The molecule has 234 valence electrons. The molecule has 2 aromatic heterocycles. The number of nitrogens with zero attached hydrogens (tertiary/aromatic N) is 3. The maximum absolute atomic E-state index is 13.6. The summed E-state index contributed by atoms with van der Waals surface area (Å²) >= 11 is 6.27. The summed E-state index contributed by atoms with van der Waals surface area (Å²) in [5.74, 6) is -1.26. The number of hydrogen-bond acceptors (Lipinski definition) is 8. The number of hydrogen-bond donors (Lipinski definition) is 1. The van der Waals surface area contributed by atoms with Gasteiger partial charge >= 0.3 is 6.43 Å². The number of amides is 1. The van der Waals surface area contributed by atoms with Crippen molar-refractivity contribution in [2.75, 3.05) is 26.1 Å². The predicted molar refractivity (Wildman–Crippen MR) is 161 cm³/mol. The Labute approximate surface area is 257 Å². The van der Waals surface area contributed by atoms with E-state index in [9.17, 15) is 18.4 Å². The molecule has 0 bridgehead atoms. The van der Waals surface area contributed by atoms with E-state index >= 15 is 0 Å². The molecule has 0 aliphatic heterocycles. The molecule has 1 unspecified atom stereocenters. The highest BCUT2D eigenvalue weighted by Gasteiger charge is 2.26. The summed E-state index contributed by atoms with van der Waals surface area (Å²) in [4.78, 5) is 27.1. The zero-order valence-electron chi connectivity index (χ0n) is 24.9. The lowest BCUT2D eigenvalue weighted by Crippen LogP contribution is -2.34. The Morgan fingerprint density at radius 2 is 1.77 bits per heavy atom. The van der Waals surface area contributed by atoms with Gasteiger partial charge in [0.15, 0.2) is 0 Å². The smallest absolute Gasteiger partial charge is 0.314 e. The third kappa shape index (κ3) is 8.07. The van der Waals surface area contributed by atoms with Crippen LogP contribution in [0.25, 0.3) is 22.6 Å². The Balaban J connectivity index is 1.68. The van der Waals surface area contributed by atoms with E-state index in [0.717, 1.165) is 5.56 Å². The molecule has 1 atom stereocenters. The predicted octanol–water partition coefficient (Wildman–Crippen LogP) is 6.70. The van der Waals surface area contributed by atoms with E-state index < -0.39 is 29.8 Å². The molecular weight excluding hydrogens is 598 g/mol. The number of anilines is 1. The molecule has 0 radical (unpaired) electrons. The number of ether oxygens (including phenoxy) is 3. The maximum atomic E-state index is 13.6. The standard InChI is InChI=1S/C31H33ClF2N4O6/c1-31(2,3)43-17-18-6-9-20(10-7-18)35-28(40)24(12-13-41-4)38-16-25(42-5)23(15-26(38)39)22-14-19(32)8-11-21(22)29-36-37-30(44-29)27(33)34/h6-11,14-16,24,27H,12-13,17H2,1-5H3,(H,35,40). The minimum atomic E-state index is -2.96. The molecule has 0 aliphatic carbocycles. The average molecular weight is 631 g/mol. The fraction of sp³-hybridized carbons (Fsp3) is 0.355. The van der Waals surface area contributed by atoms with Crippen molar-refractivity contribution in [3.05, 3.63) is 81.6 Å². The van der Waals surface area contributed by atoms with Gasteiger partial charge in [0, 0.05) is 48.0 Å². The van der Waals surface area contributed by atoms with Crippen molar-refractivity contribution in [1.82, 2.24) is 14.8 Å². The first-order chi connectivity index (χ1) is 20.9. The molecule has 0 saturated carbocycles. The van der Waals surface area contributed by atoms with E-state index in [1.807, 2.05) is 32.9 Å². The molecule has 10 nitrogen and oxygen atoms in total. The molecule has 0 aliphatic rings. The van der Waals surface area contributed by atoms with Crippen LogP contribution in [0, 0.1) is 0 Å². The molecule has 1 amide bonds. The molecule has 0 fully saturated rings. The van der Waals surface area contributed by atoms with Crippen molar-refractivity contribution < 1.29 is 32.2 Å². The lowest BCUT2D eigenvalue weighted by atomic mass is 9.99. The van der Waals surface area contributed by atoms with Crippen LogP contribution in [0.15, 0.2) is 63.9 Å². The van der Waals surface area contributed by atoms with Gasteiger partial charge in [0.1, 0.15) is 11.8 Å². The van der Waals surface area contributed by atoms with Crippen LogP contribution < -0.4 is 15.6 Å². The van der Waals surface area contributed by atoms with Gasteiger partial charge in [-0.15, -0.1) is 10.2 Å². The summed E-state index contributed by atoms with van der Waals surface area (Å²) < 4.78 is 49.3. The highest BCUT2D eigenvalue weighted by atomic mass is 35.5.